The van der Waals surface area contributed by atoms with E-state index in [9.17, 15) is 4.79 Å². The summed E-state index contributed by atoms with van der Waals surface area (Å²) in [5.74, 6) is 0.919. The predicted molar refractivity (Wildman–Crippen MR) is 50.9 cm³/mol. The Kier molecular flexibility index (Phi) is 2.15. The van der Waals surface area contributed by atoms with Crippen LogP contribution in [-0.2, 0) is 4.79 Å². The molecule has 1 aliphatic rings. The molecule has 12 heavy (non-hydrogen) atoms. The summed E-state index contributed by atoms with van der Waals surface area (Å²) < 4.78 is 0. The van der Waals surface area contributed by atoms with Crippen molar-refractivity contribution in [1.82, 2.24) is 0 Å². The number of carbonyl (C=O) groups is 1. The van der Waals surface area contributed by atoms with Crippen LogP contribution in [0.5, 0.6) is 0 Å². The molecule has 0 aromatic rings. The van der Waals surface area contributed by atoms with Gasteiger partial charge in [0.25, 0.3) is 0 Å². The van der Waals surface area contributed by atoms with Gasteiger partial charge < -0.3 is 0 Å². The summed E-state index contributed by atoms with van der Waals surface area (Å²) in [5.41, 5.74) is 1.46. The number of rotatable bonds is 0. The monoisotopic (exact) mass is 166 g/mol. The second kappa shape index (κ2) is 2.72. The van der Waals surface area contributed by atoms with Gasteiger partial charge in [0, 0.05) is 5.92 Å². The lowest BCUT2D eigenvalue weighted by Gasteiger charge is -2.31. The van der Waals surface area contributed by atoms with Crippen LogP contribution in [-0.4, -0.2) is 5.78 Å². The lowest BCUT2D eigenvalue weighted by Crippen LogP contribution is -2.26. The highest BCUT2D eigenvalue weighted by Gasteiger charge is 2.38. The van der Waals surface area contributed by atoms with Gasteiger partial charge in [0.1, 0.15) is 0 Å². The fraction of sp³-hybridized carbons (Fsp3) is 0.727. The van der Waals surface area contributed by atoms with Crippen LogP contribution < -0.4 is 0 Å². The Morgan fingerprint density at radius 3 is 2.00 bits per heavy atom. The Balaban J connectivity index is 2.94. The zero-order chi connectivity index (χ0) is 9.52. The Morgan fingerprint density at radius 2 is 1.83 bits per heavy atom. The zero-order valence-corrected chi connectivity index (χ0v) is 8.64. The molecule has 1 aliphatic carbocycles. The number of allylic oxidation sites excluding steroid dienone is 2. The molecule has 2 atom stereocenters. The van der Waals surface area contributed by atoms with Gasteiger partial charge in [0.05, 0.1) is 0 Å². The van der Waals surface area contributed by atoms with E-state index in [1.165, 1.54) is 5.57 Å². The smallest absolute Gasteiger partial charge is 0.159 e. The minimum atomic E-state index is 0.185. The molecule has 0 saturated carbocycles. The van der Waals surface area contributed by atoms with Gasteiger partial charge in [0.2, 0.25) is 0 Å². The quantitative estimate of drug-likeness (QED) is 0.541. The van der Waals surface area contributed by atoms with E-state index in [4.69, 9.17) is 0 Å². The predicted octanol–water partition coefficient (Wildman–Crippen LogP) is 2.81. The maximum Gasteiger partial charge on any atom is 0.159 e. The molecule has 0 amide bonds. The molecule has 2 unspecified atom stereocenters. The molecule has 0 fully saturated rings. The fourth-order valence-electron chi connectivity index (χ4n) is 2.44. The topological polar surface area (TPSA) is 17.1 Å². The average Bonchev–Trinajstić information content (AvgIpc) is 2.05. The Bertz CT molecular complexity index is 230. The highest BCUT2D eigenvalue weighted by atomic mass is 16.1. The number of hydrogen-bond acceptors (Lipinski definition) is 1. The molecule has 0 aromatic carbocycles. The second-order valence-corrected chi connectivity index (χ2v) is 4.92. The van der Waals surface area contributed by atoms with E-state index >= 15 is 0 Å². The second-order valence-electron chi connectivity index (χ2n) is 4.92. The lowest BCUT2D eigenvalue weighted by molar-refractivity contribution is -0.118. The molecular weight excluding hydrogens is 148 g/mol. The SMILES string of the molecule is CC1=CC(=O)C(C)C1C(C)(C)C. The number of carbonyl (C=O) groups excluding carboxylic acids is 1. The Labute approximate surface area is 74.9 Å². The number of ketones is 1. The largest absolute Gasteiger partial charge is 0.295 e. The minimum Gasteiger partial charge on any atom is -0.295 e. The molecule has 0 radical (unpaired) electrons. The van der Waals surface area contributed by atoms with E-state index < -0.39 is 0 Å². The summed E-state index contributed by atoms with van der Waals surface area (Å²) in [6, 6.07) is 0. The van der Waals surface area contributed by atoms with Gasteiger partial charge in [-0.25, -0.2) is 0 Å². The molecule has 1 heteroatoms. The first-order valence-corrected chi connectivity index (χ1v) is 4.56. The highest BCUT2D eigenvalue weighted by molar-refractivity contribution is 5.95. The van der Waals surface area contributed by atoms with Crippen LogP contribution >= 0.6 is 0 Å². The fourth-order valence-corrected chi connectivity index (χ4v) is 2.44. The van der Waals surface area contributed by atoms with Crippen molar-refractivity contribution in [3.63, 3.8) is 0 Å². The molecule has 68 valence electrons. The van der Waals surface area contributed by atoms with Crippen LogP contribution in [0.1, 0.15) is 34.6 Å². The van der Waals surface area contributed by atoms with Crippen LogP contribution in [0.15, 0.2) is 11.6 Å². The normalized spacial score (nSPS) is 30.8. The average molecular weight is 166 g/mol. The van der Waals surface area contributed by atoms with Crippen LogP contribution in [0.4, 0.5) is 0 Å². The Morgan fingerprint density at radius 1 is 1.33 bits per heavy atom. The molecule has 1 nitrogen and oxygen atoms in total. The van der Waals surface area contributed by atoms with Gasteiger partial charge in [-0.15, -0.1) is 0 Å². The van der Waals surface area contributed by atoms with E-state index in [2.05, 4.69) is 27.7 Å². The first-order valence-electron chi connectivity index (χ1n) is 4.56. The number of hydrogen-bond donors (Lipinski definition) is 0. The van der Waals surface area contributed by atoms with Crippen LogP contribution in [0.2, 0.25) is 0 Å². The van der Waals surface area contributed by atoms with E-state index in [0.717, 1.165) is 0 Å². The molecule has 1 rings (SSSR count). The molecule has 0 bridgehead atoms. The maximum absolute atomic E-state index is 11.4. The third kappa shape index (κ3) is 1.45. The van der Waals surface area contributed by atoms with Crippen molar-refractivity contribution in [1.29, 1.82) is 0 Å². The standard InChI is InChI=1S/C11H18O/c1-7-6-9(12)8(2)10(7)11(3,4)5/h6,8,10H,1-5H3. The van der Waals surface area contributed by atoms with E-state index in [1.807, 2.05) is 6.92 Å². The van der Waals surface area contributed by atoms with Gasteiger partial charge in [-0.1, -0.05) is 33.3 Å². The first-order chi connectivity index (χ1) is 5.34. The summed E-state index contributed by atoms with van der Waals surface area (Å²) in [4.78, 5) is 11.4. The molecule has 0 saturated heterocycles. The van der Waals surface area contributed by atoms with Crippen molar-refractivity contribution in [2.75, 3.05) is 0 Å². The van der Waals surface area contributed by atoms with Crippen molar-refractivity contribution < 1.29 is 4.79 Å². The van der Waals surface area contributed by atoms with Crippen LogP contribution in [0.3, 0.4) is 0 Å². The maximum atomic E-state index is 11.4. The third-order valence-corrected chi connectivity index (χ3v) is 2.74. The van der Waals surface area contributed by atoms with E-state index in [-0.39, 0.29) is 11.3 Å². The van der Waals surface area contributed by atoms with Crippen molar-refractivity contribution in [2.45, 2.75) is 34.6 Å². The summed E-state index contributed by atoms with van der Waals surface area (Å²) in [7, 11) is 0. The summed E-state index contributed by atoms with van der Waals surface area (Å²) in [6.45, 7) is 10.7. The van der Waals surface area contributed by atoms with Gasteiger partial charge in [0.15, 0.2) is 5.78 Å². The lowest BCUT2D eigenvalue weighted by atomic mass is 9.73. The van der Waals surface area contributed by atoms with Gasteiger partial charge in [-0.3, -0.25) is 4.79 Å². The Hall–Kier alpha value is -0.590. The summed E-state index contributed by atoms with van der Waals surface area (Å²) in [5, 5.41) is 0. The third-order valence-electron chi connectivity index (χ3n) is 2.74. The summed E-state index contributed by atoms with van der Waals surface area (Å²) >= 11 is 0. The van der Waals surface area contributed by atoms with Crippen molar-refractivity contribution >= 4 is 5.78 Å². The van der Waals surface area contributed by atoms with Gasteiger partial charge in [-0.2, -0.15) is 0 Å². The molecule has 0 N–H and O–H groups in total. The molecule has 0 aliphatic heterocycles. The first kappa shape index (κ1) is 9.50. The van der Waals surface area contributed by atoms with Crippen LogP contribution in [0, 0.1) is 17.3 Å². The minimum absolute atomic E-state index is 0.185. The summed E-state index contributed by atoms with van der Waals surface area (Å²) in [6.07, 6.45) is 1.81. The molecule has 0 spiro atoms. The highest BCUT2D eigenvalue weighted by Crippen LogP contribution is 2.41. The van der Waals surface area contributed by atoms with Gasteiger partial charge >= 0.3 is 0 Å². The van der Waals surface area contributed by atoms with E-state index in [0.29, 0.717) is 11.7 Å². The van der Waals surface area contributed by atoms with Gasteiger partial charge in [-0.05, 0) is 24.3 Å². The van der Waals surface area contributed by atoms with E-state index in [1.54, 1.807) is 6.08 Å². The van der Waals surface area contributed by atoms with Crippen molar-refractivity contribution in [3.8, 4) is 0 Å². The van der Waals surface area contributed by atoms with Crippen molar-refractivity contribution in [3.05, 3.63) is 11.6 Å². The molecular formula is C11H18O. The molecule has 0 aromatic heterocycles. The zero-order valence-electron chi connectivity index (χ0n) is 8.64. The molecule has 0 heterocycles. The van der Waals surface area contributed by atoms with Crippen LogP contribution in [0.25, 0.3) is 0 Å². The van der Waals surface area contributed by atoms with Crippen molar-refractivity contribution in [2.24, 2.45) is 17.3 Å².